The molecule has 0 saturated heterocycles. The van der Waals surface area contributed by atoms with Gasteiger partial charge in [0.05, 0.1) is 11.3 Å². The number of carbonyl (C=O) groups is 2. The maximum atomic E-state index is 12.7. The third-order valence-electron chi connectivity index (χ3n) is 5.68. The number of hydrogen-bond acceptors (Lipinski definition) is 5. The van der Waals surface area contributed by atoms with Gasteiger partial charge in [-0.15, -0.1) is 11.8 Å². The second-order valence-electron chi connectivity index (χ2n) is 8.47. The summed E-state index contributed by atoms with van der Waals surface area (Å²) in [5.74, 6) is 1.72. The van der Waals surface area contributed by atoms with E-state index in [1.807, 2.05) is 18.2 Å². The summed E-state index contributed by atoms with van der Waals surface area (Å²) in [6.07, 6.45) is 5.00. The number of hydrogen-bond donors (Lipinski definition) is 1. The zero-order valence-electron chi connectivity index (χ0n) is 18.1. The Morgan fingerprint density at radius 3 is 2.73 bits per heavy atom. The second-order valence-corrected chi connectivity index (χ2v) is 9.49. The van der Waals surface area contributed by atoms with Gasteiger partial charge < -0.3 is 10.1 Å². The summed E-state index contributed by atoms with van der Waals surface area (Å²) in [5, 5.41) is 6.97. The molecular weight excluding hydrogens is 398 g/mol. The zero-order valence-corrected chi connectivity index (χ0v) is 18.9. The number of benzene rings is 1. The van der Waals surface area contributed by atoms with Gasteiger partial charge in [0.1, 0.15) is 6.10 Å². The van der Waals surface area contributed by atoms with E-state index in [0.29, 0.717) is 29.1 Å². The summed E-state index contributed by atoms with van der Waals surface area (Å²) in [4.78, 5) is 26.0. The van der Waals surface area contributed by atoms with Crippen molar-refractivity contribution in [1.82, 2.24) is 9.78 Å². The van der Waals surface area contributed by atoms with Crippen LogP contribution in [0.15, 0.2) is 41.4 Å². The van der Waals surface area contributed by atoms with Crippen LogP contribution in [0.4, 0.5) is 5.82 Å². The Hall–Kier alpha value is -2.28. The van der Waals surface area contributed by atoms with Crippen LogP contribution in [0.3, 0.4) is 0 Å². The van der Waals surface area contributed by atoms with Gasteiger partial charge in [0.15, 0.2) is 5.82 Å². The van der Waals surface area contributed by atoms with Gasteiger partial charge >= 0.3 is 5.97 Å². The molecule has 1 fully saturated rings. The highest BCUT2D eigenvalue weighted by atomic mass is 32.2. The number of esters is 1. The molecule has 162 valence electrons. The predicted octanol–water partition coefficient (Wildman–Crippen LogP) is 4.77. The van der Waals surface area contributed by atoms with Crippen LogP contribution in [0.2, 0.25) is 0 Å². The van der Waals surface area contributed by atoms with Gasteiger partial charge in [0.25, 0.3) is 5.91 Å². The van der Waals surface area contributed by atoms with Gasteiger partial charge in [-0.3, -0.25) is 14.3 Å². The van der Waals surface area contributed by atoms with Crippen LogP contribution < -0.4 is 5.32 Å². The Labute approximate surface area is 182 Å². The summed E-state index contributed by atoms with van der Waals surface area (Å²) in [5.41, 5.74) is 0.521. The number of amides is 1. The molecule has 1 aromatic heterocycles. The number of ether oxygens (including phenoxy) is 1. The molecule has 2 aromatic rings. The van der Waals surface area contributed by atoms with Crippen molar-refractivity contribution in [3.8, 4) is 0 Å². The molecule has 0 aliphatic heterocycles. The monoisotopic (exact) mass is 429 g/mol. The molecule has 30 heavy (non-hydrogen) atoms. The Kier molecular flexibility index (Phi) is 7.58. The number of carbonyl (C=O) groups excluding carboxylic acids is 2. The Morgan fingerprint density at radius 1 is 1.27 bits per heavy atom. The average molecular weight is 430 g/mol. The van der Waals surface area contributed by atoms with Crippen LogP contribution >= 0.6 is 11.8 Å². The number of nitrogens with zero attached hydrogens (tertiary/aromatic N) is 2. The fourth-order valence-corrected chi connectivity index (χ4v) is 4.87. The molecule has 1 heterocycles. The standard InChI is InChI=1S/C23H31N3O3S/c1-15(2)17-10-9-16(3)13-19(17)29-22(27)14-30-20-8-6-5-7-18(20)23(28)24-21-11-12-26(4)25-21/h5-8,11-12,15-17,19H,9-10,13-14H2,1-4H3,(H,24,25,28)/t16-,17-,19-/m1/s1. The highest BCUT2D eigenvalue weighted by Gasteiger charge is 2.33. The van der Waals surface area contributed by atoms with Crippen LogP contribution in [0.1, 0.15) is 50.4 Å². The lowest BCUT2D eigenvalue weighted by Gasteiger charge is -2.36. The fraction of sp³-hybridized carbons (Fsp3) is 0.522. The van der Waals surface area contributed by atoms with E-state index in [1.54, 1.807) is 30.1 Å². The van der Waals surface area contributed by atoms with Crippen molar-refractivity contribution in [1.29, 1.82) is 0 Å². The summed E-state index contributed by atoms with van der Waals surface area (Å²) < 4.78 is 7.51. The van der Waals surface area contributed by atoms with Crippen molar-refractivity contribution in [2.75, 3.05) is 11.1 Å². The molecule has 3 rings (SSSR count). The zero-order chi connectivity index (χ0) is 21.7. The first-order chi connectivity index (χ1) is 14.3. The number of nitrogens with one attached hydrogen (secondary N) is 1. The van der Waals surface area contributed by atoms with E-state index in [0.717, 1.165) is 17.7 Å². The molecule has 1 amide bonds. The molecule has 0 spiro atoms. The molecular formula is C23H31N3O3S. The first-order valence-electron chi connectivity index (χ1n) is 10.6. The Morgan fingerprint density at radius 2 is 2.03 bits per heavy atom. The van der Waals surface area contributed by atoms with E-state index < -0.39 is 0 Å². The lowest BCUT2D eigenvalue weighted by Crippen LogP contribution is -2.36. The Bertz CT molecular complexity index is 880. The average Bonchev–Trinajstić information content (AvgIpc) is 3.11. The first-order valence-corrected chi connectivity index (χ1v) is 11.5. The largest absolute Gasteiger partial charge is 0.461 e. The van der Waals surface area contributed by atoms with E-state index in [4.69, 9.17) is 4.74 Å². The molecule has 0 radical (unpaired) electrons. The van der Waals surface area contributed by atoms with Crippen molar-refractivity contribution in [2.45, 2.75) is 51.0 Å². The van der Waals surface area contributed by atoms with Crippen LogP contribution in [-0.2, 0) is 16.6 Å². The predicted molar refractivity (Wildman–Crippen MR) is 120 cm³/mol. The van der Waals surface area contributed by atoms with E-state index in [-0.39, 0.29) is 23.7 Å². The lowest BCUT2D eigenvalue weighted by atomic mass is 9.75. The van der Waals surface area contributed by atoms with Gasteiger partial charge in [-0.25, -0.2) is 0 Å². The van der Waals surface area contributed by atoms with E-state index >= 15 is 0 Å². The van der Waals surface area contributed by atoms with Gasteiger partial charge in [-0.1, -0.05) is 39.3 Å². The van der Waals surface area contributed by atoms with Crippen molar-refractivity contribution < 1.29 is 14.3 Å². The number of aryl methyl sites for hydroxylation is 1. The molecule has 0 unspecified atom stereocenters. The van der Waals surface area contributed by atoms with Gasteiger partial charge in [-0.05, 0) is 42.7 Å². The van der Waals surface area contributed by atoms with Crippen LogP contribution in [0, 0.1) is 17.8 Å². The minimum atomic E-state index is -0.244. The van der Waals surface area contributed by atoms with Crippen molar-refractivity contribution in [3.63, 3.8) is 0 Å². The fourth-order valence-electron chi connectivity index (χ4n) is 4.04. The third-order valence-corrected chi connectivity index (χ3v) is 6.72. The Balaban J connectivity index is 1.60. The third kappa shape index (κ3) is 5.88. The summed E-state index contributed by atoms with van der Waals surface area (Å²) in [6, 6.07) is 9.02. The quantitative estimate of drug-likeness (QED) is 0.507. The van der Waals surface area contributed by atoms with Gasteiger partial charge in [0.2, 0.25) is 0 Å². The highest BCUT2D eigenvalue weighted by Crippen LogP contribution is 2.35. The summed E-state index contributed by atoms with van der Waals surface area (Å²) in [6.45, 7) is 6.63. The van der Waals surface area contributed by atoms with Gasteiger partial charge in [0, 0.05) is 24.2 Å². The molecule has 6 nitrogen and oxygen atoms in total. The molecule has 1 aliphatic rings. The second kappa shape index (κ2) is 10.2. The van der Waals surface area contributed by atoms with Crippen molar-refractivity contribution in [3.05, 3.63) is 42.1 Å². The molecule has 1 saturated carbocycles. The molecule has 3 atom stereocenters. The lowest BCUT2D eigenvalue weighted by molar-refractivity contribution is -0.152. The maximum Gasteiger partial charge on any atom is 0.316 e. The summed E-state index contributed by atoms with van der Waals surface area (Å²) in [7, 11) is 1.79. The van der Waals surface area contributed by atoms with Gasteiger partial charge in [-0.2, -0.15) is 5.10 Å². The number of aromatic nitrogens is 2. The van der Waals surface area contributed by atoms with E-state index in [1.165, 1.54) is 18.2 Å². The topological polar surface area (TPSA) is 73.2 Å². The number of thioether (sulfide) groups is 1. The molecule has 1 aromatic carbocycles. The number of rotatable bonds is 7. The smallest absolute Gasteiger partial charge is 0.316 e. The van der Waals surface area contributed by atoms with Crippen LogP contribution in [0.5, 0.6) is 0 Å². The molecule has 1 aliphatic carbocycles. The molecule has 1 N–H and O–H groups in total. The minimum absolute atomic E-state index is 0.00968. The van der Waals surface area contributed by atoms with Crippen molar-refractivity contribution >= 4 is 29.5 Å². The number of anilines is 1. The molecule has 0 bridgehead atoms. The first kappa shape index (κ1) is 22.4. The van der Waals surface area contributed by atoms with E-state index in [9.17, 15) is 9.59 Å². The van der Waals surface area contributed by atoms with Crippen LogP contribution in [-0.4, -0.2) is 33.5 Å². The SMILES string of the molecule is CC(C)[C@H]1CC[C@@H](C)C[C@H]1OC(=O)CSc1ccccc1C(=O)Nc1ccn(C)n1. The summed E-state index contributed by atoms with van der Waals surface area (Å²) >= 11 is 1.34. The maximum absolute atomic E-state index is 12.7. The van der Waals surface area contributed by atoms with Crippen molar-refractivity contribution in [2.24, 2.45) is 24.8 Å². The normalized spacial score (nSPS) is 21.4. The van der Waals surface area contributed by atoms with E-state index in [2.05, 4.69) is 31.2 Å². The minimum Gasteiger partial charge on any atom is -0.461 e. The molecule has 7 heteroatoms. The highest BCUT2D eigenvalue weighted by molar-refractivity contribution is 8.00. The van der Waals surface area contributed by atoms with Crippen LogP contribution in [0.25, 0.3) is 0 Å².